The largest absolute Gasteiger partial charge is 0.444 e. The van der Waals surface area contributed by atoms with Crippen LogP contribution in [0.4, 0.5) is 0 Å². The molecular weight excluding hydrogens is 412 g/mol. The molecule has 0 radical (unpaired) electrons. The van der Waals surface area contributed by atoms with Crippen molar-refractivity contribution in [3.8, 4) is 0 Å². The van der Waals surface area contributed by atoms with E-state index in [2.05, 4.69) is 37.4 Å². The van der Waals surface area contributed by atoms with Gasteiger partial charge in [-0.25, -0.2) is 0 Å². The number of hydrogen-bond acceptors (Lipinski definition) is 5. The van der Waals surface area contributed by atoms with Crippen LogP contribution in [0.5, 0.6) is 0 Å². The molecule has 0 aliphatic heterocycles. The molecule has 2 rings (SSSR count). The van der Waals surface area contributed by atoms with Crippen LogP contribution in [0.3, 0.4) is 0 Å². The van der Waals surface area contributed by atoms with Crippen molar-refractivity contribution in [2.45, 2.75) is 32.1 Å². The number of furan rings is 1. The Morgan fingerprint density at radius 3 is 2.52 bits per heavy atom. The molecule has 1 aliphatic carbocycles. The highest BCUT2D eigenvalue weighted by atomic mass is 79.9. The second-order valence-electron chi connectivity index (χ2n) is 5.61. The Hall–Kier alpha value is -1.94. The van der Waals surface area contributed by atoms with Crippen LogP contribution < -0.4 is 21.5 Å². The number of nitrogens with one attached hydrogen (secondary N) is 4. The molecule has 1 aliphatic rings. The summed E-state index contributed by atoms with van der Waals surface area (Å²) in [5.41, 5.74) is 4.69. The van der Waals surface area contributed by atoms with Crippen LogP contribution in [0, 0.1) is 5.92 Å². The Kier molecular flexibility index (Phi) is 7.38. The average molecular weight is 431 g/mol. The second kappa shape index (κ2) is 9.52. The van der Waals surface area contributed by atoms with E-state index < -0.39 is 11.8 Å². The summed E-state index contributed by atoms with van der Waals surface area (Å²) in [4.78, 5) is 35.4. The maximum Gasteiger partial charge on any atom is 0.293 e. The molecule has 8 nitrogen and oxygen atoms in total. The maximum absolute atomic E-state index is 11.9. The van der Waals surface area contributed by atoms with E-state index in [9.17, 15) is 14.4 Å². The minimum Gasteiger partial charge on any atom is -0.444 e. The van der Waals surface area contributed by atoms with Gasteiger partial charge >= 0.3 is 0 Å². The summed E-state index contributed by atoms with van der Waals surface area (Å²) in [6, 6.07) is 3.05. The SMILES string of the molecule is O=C(CNC(=O)C1CCCCC1)NNC(=S)NC(=O)c1ccc(Br)o1. The van der Waals surface area contributed by atoms with Gasteiger partial charge in [0.25, 0.3) is 11.8 Å². The van der Waals surface area contributed by atoms with Crippen molar-refractivity contribution in [2.75, 3.05) is 6.54 Å². The summed E-state index contributed by atoms with van der Waals surface area (Å²) >= 11 is 7.98. The number of thiocarbonyl (C=S) groups is 1. The zero-order valence-corrected chi connectivity index (χ0v) is 15.8. The van der Waals surface area contributed by atoms with Gasteiger partial charge in [0.15, 0.2) is 15.5 Å². The van der Waals surface area contributed by atoms with Crippen LogP contribution in [0.1, 0.15) is 42.7 Å². The molecule has 25 heavy (non-hydrogen) atoms. The quantitative estimate of drug-likeness (QED) is 0.423. The van der Waals surface area contributed by atoms with Gasteiger partial charge in [0.2, 0.25) is 5.91 Å². The molecule has 0 atom stereocenters. The average Bonchev–Trinajstić information content (AvgIpc) is 3.05. The molecular formula is C15H19BrN4O4S. The van der Waals surface area contributed by atoms with Gasteiger partial charge in [-0.2, -0.15) is 0 Å². The molecule has 1 aromatic rings. The lowest BCUT2D eigenvalue weighted by atomic mass is 9.89. The van der Waals surface area contributed by atoms with Gasteiger partial charge in [0.05, 0.1) is 6.54 Å². The van der Waals surface area contributed by atoms with Gasteiger partial charge in [-0.1, -0.05) is 19.3 Å². The molecule has 10 heteroatoms. The molecule has 0 unspecified atom stereocenters. The van der Waals surface area contributed by atoms with E-state index >= 15 is 0 Å². The lowest BCUT2D eigenvalue weighted by molar-refractivity contribution is -0.129. The second-order valence-corrected chi connectivity index (χ2v) is 6.80. The van der Waals surface area contributed by atoms with Crippen molar-refractivity contribution in [2.24, 2.45) is 5.92 Å². The van der Waals surface area contributed by atoms with Crippen molar-refractivity contribution < 1.29 is 18.8 Å². The van der Waals surface area contributed by atoms with E-state index in [1.807, 2.05) is 0 Å². The van der Waals surface area contributed by atoms with Gasteiger partial charge in [-0.15, -0.1) is 0 Å². The number of hydrazine groups is 1. The maximum atomic E-state index is 11.9. The van der Waals surface area contributed by atoms with E-state index in [4.69, 9.17) is 16.6 Å². The topological polar surface area (TPSA) is 112 Å². The predicted molar refractivity (Wildman–Crippen MR) is 97.3 cm³/mol. The number of halogens is 1. The van der Waals surface area contributed by atoms with Crippen LogP contribution in [0.15, 0.2) is 21.2 Å². The zero-order valence-electron chi connectivity index (χ0n) is 13.4. The first-order chi connectivity index (χ1) is 12.0. The highest BCUT2D eigenvalue weighted by molar-refractivity contribution is 9.10. The van der Waals surface area contributed by atoms with Crippen molar-refractivity contribution in [1.29, 1.82) is 0 Å². The molecule has 4 N–H and O–H groups in total. The van der Waals surface area contributed by atoms with E-state index in [1.165, 1.54) is 6.07 Å². The Morgan fingerprint density at radius 1 is 1.16 bits per heavy atom. The lowest BCUT2D eigenvalue weighted by Gasteiger charge is -2.20. The number of carbonyl (C=O) groups excluding carboxylic acids is 3. The fourth-order valence-electron chi connectivity index (χ4n) is 2.48. The molecule has 1 saturated carbocycles. The minimum atomic E-state index is -0.553. The number of hydrogen-bond donors (Lipinski definition) is 4. The third kappa shape index (κ3) is 6.46. The number of carbonyl (C=O) groups is 3. The van der Waals surface area contributed by atoms with Crippen molar-refractivity contribution in [1.82, 2.24) is 21.5 Å². The zero-order chi connectivity index (χ0) is 18.2. The Bertz CT molecular complexity index is 658. The normalized spacial score (nSPS) is 14.4. The predicted octanol–water partition coefficient (Wildman–Crippen LogP) is 1.37. The third-order valence-electron chi connectivity index (χ3n) is 3.74. The molecule has 0 spiro atoms. The molecule has 1 heterocycles. The van der Waals surface area contributed by atoms with Crippen molar-refractivity contribution in [3.05, 3.63) is 22.6 Å². The van der Waals surface area contributed by atoms with Crippen LogP contribution in [0.2, 0.25) is 0 Å². The fraction of sp³-hybridized carbons (Fsp3) is 0.467. The first-order valence-electron chi connectivity index (χ1n) is 7.89. The van der Waals surface area contributed by atoms with E-state index in [0.717, 1.165) is 32.1 Å². The molecule has 1 fully saturated rings. The summed E-state index contributed by atoms with van der Waals surface area (Å²) in [7, 11) is 0. The first-order valence-corrected chi connectivity index (χ1v) is 9.09. The molecule has 0 bridgehead atoms. The fourth-order valence-corrected chi connectivity index (χ4v) is 2.93. The van der Waals surface area contributed by atoms with Gasteiger partial charge in [-0.05, 0) is 53.1 Å². The number of rotatable bonds is 4. The van der Waals surface area contributed by atoms with Crippen molar-refractivity contribution >= 4 is 51.0 Å². The summed E-state index contributed by atoms with van der Waals surface area (Å²) in [5.74, 6) is -1.07. The Balaban J connectivity index is 1.64. The summed E-state index contributed by atoms with van der Waals surface area (Å²) in [6.45, 7) is -0.163. The van der Waals surface area contributed by atoms with Gasteiger partial charge in [0.1, 0.15) is 0 Å². The van der Waals surface area contributed by atoms with Crippen molar-refractivity contribution in [3.63, 3.8) is 0 Å². The lowest BCUT2D eigenvalue weighted by Crippen LogP contribution is -2.51. The first kappa shape index (κ1) is 19.4. The Labute approximate surface area is 158 Å². The highest BCUT2D eigenvalue weighted by Crippen LogP contribution is 2.23. The highest BCUT2D eigenvalue weighted by Gasteiger charge is 2.21. The van der Waals surface area contributed by atoms with Gasteiger partial charge < -0.3 is 9.73 Å². The molecule has 136 valence electrons. The Morgan fingerprint density at radius 2 is 1.88 bits per heavy atom. The summed E-state index contributed by atoms with van der Waals surface area (Å²) < 4.78 is 5.49. The van der Waals surface area contributed by atoms with Crippen LogP contribution >= 0.6 is 28.1 Å². The molecule has 0 aromatic carbocycles. The molecule has 3 amide bonds. The van der Waals surface area contributed by atoms with E-state index in [1.54, 1.807) is 6.07 Å². The van der Waals surface area contributed by atoms with Gasteiger partial charge in [-0.3, -0.25) is 30.6 Å². The molecule has 0 saturated heterocycles. The molecule has 1 aromatic heterocycles. The van der Waals surface area contributed by atoms with Gasteiger partial charge in [0, 0.05) is 5.92 Å². The third-order valence-corrected chi connectivity index (χ3v) is 4.37. The van der Waals surface area contributed by atoms with Crippen LogP contribution in [-0.2, 0) is 9.59 Å². The minimum absolute atomic E-state index is 0.0116. The van der Waals surface area contributed by atoms with Crippen LogP contribution in [0.25, 0.3) is 0 Å². The van der Waals surface area contributed by atoms with E-state index in [-0.39, 0.29) is 29.2 Å². The summed E-state index contributed by atoms with van der Waals surface area (Å²) in [6.07, 6.45) is 4.99. The summed E-state index contributed by atoms with van der Waals surface area (Å²) in [5, 5.41) is 4.86. The van der Waals surface area contributed by atoms with Crippen LogP contribution in [-0.4, -0.2) is 29.4 Å². The smallest absolute Gasteiger partial charge is 0.293 e. The monoisotopic (exact) mass is 430 g/mol. The van der Waals surface area contributed by atoms with E-state index in [0.29, 0.717) is 4.67 Å². The standard InChI is InChI=1S/C15H19BrN4O4S/c16-11-7-6-10(24-11)14(23)18-15(25)20-19-12(21)8-17-13(22)9-4-2-1-3-5-9/h6-7,9H,1-5,8H2,(H,17,22)(H,19,21)(H2,18,20,23,25). The number of amides is 3.